The lowest BCUT2D eigenvalue weighted by Gasteiger charge is -2.17. The molecule has 0 saturated heterocycles. The highest BCUT2D eigenvalue weighted by molar-refractivity contribution is 7.90. The number of ether oxygens (including phenoxy) is 3. The van der Waals surface area contributed by atoms with Crippen molar-refractivity contribution in [1.82, 2.24) is 29.5 Å². The van der Waals surface area contributed by atoms with E-state index in [9.17, 15) is 13.2 Å². The zero-order chi connectivity index (χ0) is 27.1. The van der Waals surface area contributed by atoms with Crippen molar-refractivity contribution in [2.24, 2.45) is 0 Å². The van der Waals surface area contributed by atoms with Crippen LogP contribution in [-0.2, 0) is 16.4 Å². The first-order chi connectivity index (χ1) is 18.4. The average Bonchev–Trinajstić information content (AvgIpc) is 3.37. The van der Waals surface area contributed by atoms with Gasteiger partial charge in [0.25, 0.3) is 0 Å². The van der Waals surface area contributed by atoms with Crippen LogP contribution in [0.15, 0.2) is 60.8 Å². The molecule has 0 unspecified atom stereocenters. The van der Waals surface area contributed by atoms with E-state index in [-0.39, 0.29) is 29.5 Å². The second kappa shape index (κ2) is 11.7. The Morgan fingerprint density at radius 3 is 2.37 bits per heavy atom. The summed E-state index contributed by atoms with van der Waals surface area (Å²) in [5.74, 6) is -0.504. The third-order valence-corrected chi connectivity index (χ3v) is 6.58. The fourth-order valence-electron chi connectivity index (χ4n) is 3.65. The first kappa shape index (κ1) is 26.5. The van der Waals surface area contributed by atoms with Crippen LogP contribution in [0.3, 0.4) is 0 Å². The summed E-state index contributed by atoms with van der Waals surface area (Å²) >= 11 is 0. The monoisotopic (exact) mass is 538 g/mol. The predicted molar refractivity (Wildman–Crippen MR) is 138 cm³/mol. The van der Waals surface area contributed by atoms with Crippen molar-refractivity contribution >= 4 is 15.9 Å². The van der Waals surface area contributed by atoms with Crippen LogP contribution < -0.4 is 18.9 Å². The normalized spacial score (nSPS) is 11.1. The fraction of sp³-hybridized carbons (Fsp3) is 0.240. The van der Waals surface area contributed by atoms with Crippen molar-refractivity contribution in [2.45, 2.75) is 13.3 Å². The summed E-state index contributed by atoms with van der Waals surface area (Å²) in [6.07, 6.45) is 1.69. The van der Waals surface area contributed by atoms with Crippen molar-refractivity contribution < 1.29 is 27.4 Å². The van der Waals surface area contributed by atoms with Gasteiger partial charge in [-0.1, -0.05) is 18.2 Å². The summed E-state index contributed by atoms with van der Waals surface area (Å²) in [5.41, 5.74) is 1.19. The summed E-state index contributed by atoms with van der Waals surface area (Å²) in [6.45, 7) is 2.22. The lowest BCUT2D eigenvalue weighted by atomic mass is 10.2. The molecule has 0 bridgehead atoms. The van der Waals surface area contributed by atoms with Gasteiger partial charge in [0.15, 0.2) is 5.82 Å². The Bertz CT molecular complexity index is 1500. The molecule has 198 valence electrons. The van der Waals surface area contributed by atoms with Crippen LogP contribution in [0, 0.1) is 0 Å². The van der Waals surface area contributed by atoms with Crippen molar-refractivity contribution in [3.8, 4) is 34.6 Å². The van der Waals surface area contributed by atoms with Crippen molar-refractivity contribution in [3.63, 3.8) is 0 Å². The summed E-state index contributed by atoms with van der Waals surface area (Å²) in [5, 5.41) is 8.21. The maximum atomic E-state index is 13.3. The summed E-state index contributed by atoms with van der Waals surface area (Å²) in [7, 11) is -1.13. The van der Waals surface area contributed by atoms with Crippen LogP contribution in [0.2, 0.25) is 0 Å². The topological polar surface area (TPSA) is 147 Å². The second-order valence-electron chi connectivity index (χ2n) is 7.81. The smallest absolute Gasteiger partial charge is 0.303 e. The van der Waals surface area contributed by atoms with Crippen LogP contribution in [0.1, 0.15) is 23.2 Å². The van der Waals surface area contributed by atoms with Gasteiger partial charge in [0.2, 0.25) is 21.7 Å². The molecule has 0 atom stereocenters. The molecule has 0 fully saturated rings. The number of hydrogen-bond donors (Lipinski definition) is 1. The Morgan fingerprint density at radius 1 is 0.974 bits per heavy atom. The number of carbonyl (C=O) groups excluding carboxylic acids is 1. The number of rotatable bonds is 11. The standard InChI is InChI=1S/C25H26N6O6S/c1-4-37-21-13-7-10-18(27-21)23-28-29-24(31(23)22-19(35-2)11-8-12-20(22)36-3)25(32)30-38(33,34)16-14-17-9-5-6-15-26-17/h5-13,15H,4,14,16H2,1-3H3,(H,30,32). The molecular weight excluding hydrogens is 512 g/mol. The second-order valence-corrected chi connectivity index (χ2v) is 9.65. The van der Waals surface area contributed by atoms with E-state index in [1.54, 1.807) is 60.8 Å². The van der Waals surface area contributed by atoms with Crippen molar-refractivity contribution in [1.29, 1.82) is 0 Å². The van der Waals surface area contributed by atoms with E-state index in [1.165, 1.54) is 18.8 Å². The van der Waals surface area contributed by atoms with Crippen LogP contribution in [0.25, 0.3) is 17.2 Å². The number of pyridine rings is 2. The number of benzene rings is 1. The molecule has 0 aliphatic carbocycles. The third-order valence-electron chi connectivity index (χ3n) is 5.34. The molecule has 3 heterocycles. The SMILES string of the molecule is CCOc1cccc(-c2nnc(C(=O)NS(=O)(=O)CCc3ccccn3)n2-c2c(OC)cccc2OC)n1. The van der Waals surface area contributed by atoms with Gasteiger partial charge in [-0.25, -0.2) is 18.1 Å². The van der Waals surface area contributed by atoms with Gasteiger partial charge in [-0.15, -0.1) is 10.2 Å². The highest BCUT2D eigenvalue weighted by atomic mass is 32.2. The number of hydrogen-bond acceptors (Lipinski definition) is 10. The molecule has 0 aliphatic heterocycles. The number of nitrogens with one attached hydrogen (secondary N) is 1. The molecule has 0 aliphatic rings. The van der Waals surface area contributed by atoms with Gasteiger partial charge in [0.1, 0.15) is 22.9 Å². The molecule has 1 N–H and O–H groups in total. The van der Waals surface area contributed by atoms with E-state index in [0.29, 0.717) is 35.4 Å². The van der Waals surface area contributed by atoms with Gasteiger partial charge >= 0.3 is 5.91 Å². The quantitative estimate of drug-likeness (QED) is 0.302. The molecule has 1 amide bonds. The summed E-state index contributed by atoms with van der Waals surface area (Å²) in [4.78, 5) is 21.9. The number of aromatic nitrogens is 5. The minimum absolute atomic E-state index is 0.121. The number of carbonyl (C=O) groups is 1. The molecule has 4 rings (SSSR count). The summed E-state index contributed by atoms with van der Waals surface area (Å²) < 4.78 is 45.6. The number of methoxy groups -OCH3 is 2. The first-order valence-electron chi connectivity index (χ1n) is 11.6. The van der Waals surface area contributed by atoms with E-state index in [0.717, 1.165) is 0 Å². The van der Waals surface area contributed by atoms with Gasteiger partial charge in [-0.05, 0) is 37.3 Å². The molecule has 0 radical (unpaired) electrons. The maximum absolute atomic E-state index is 13.3. The highest BCUT2D eigenvalue weighted by Gasteiger charge is 2.29. The van der Waals surface area contributed by atoms with Crippen molar-refractivity contribution in [2.75, 3.05) is 26.6 Å². The van der Waals surface area contributed by atoms with Crippen molar-refractivity contribution in [3.05, 3.63) is 72.3 Å². The molecule has 0 saturated carbocycles. The number of amides is 1. The lowest BCUT2D eigenvalue weighted by molar-refractivity contribution is 0.0969. The Hall–Kier alpha value is -4.52. The van der Waals surface area contributed by atoms with Gasteiger partial charge in [0, 0.05) is 24.4 Å². The molecule has 13 heteroatoms. The highest BCUT2D eigenvalue weighted by Crippen LogP contribution is 2.36. The Labute approximate surface area is 219 Å². The number of para-hydroxylation sites is 1. The van der Waals surface area contributed by atoms with Gasteiger partial charge in [-0.2, -0.15) is 0 Å². The molecule has 4 aromatic rings. The van der Waals surface area contributed by atoms with E-state index >= 15 is 0 Å². The molecule has 0 spiro atoms. The molecule has 3 aromatic heterocycles. The van der Waals surface area contributed by atoms with Crippen LogP contribution in [0.4, 0.5) is 0 Å². The van der Waals surface area contributed by atoms with Gasteiger partial charge < -0.3 is 14.2 Å². The minimum Gasteiger partial charge on any atom is -0.494 e. The minimum atomic E-state index is -4.05. The van der Waals surface area contributed by atoms with Gasteiger partial charge in [0.05, 0.1) is 26.6 Å². The molecule has 12 nitrogen and oxygen atoms in total. The predicted octanol–water partition coefficient (Wildman–Crippen LogP) is 2.44. The largest absolute Gasteiger partial charge is 0.494 e. The zero-order valence-corrected chi connectivity index (χ0v) is 21.8. The Morgan fingerprint density at radius 2 is 1.71 bits per heavy atom. The zero-order valence-electron chi connectivity index (χ0n) is 21.0. The molecule has 38 heavy (non-hydrogen) atoms. The van der Waals surface area contributed by atoms with E-state index in [4.69, 9.17) is 14.2 Å². The number of sulfonamides is 1. The molecule has 1 aromatic carbocycles. The number of nitrogens with zero attached hydrogens (tertiary/aromatic N) is 5. The fourth-order valence-corrected chi connectivity index (χ4v) is 4.61. The van der Waals surface area contributed by atoms with Crippen LogP contribution in [-0.4, -0.2) is 65.6 Å². The lowest BCUT2D eigenvalue weighted by Crippen LogP contribution is -2.35. The Kier molecular flexibility index (Phi) is 8.16. The van der Waals surface area contributed by atoms with E-state index in [1.807, 2.05) is 6.92 Å². The summed E-state index contributed by atoms with van der Waals surface area (Å²) in [6, 6.07) is 15.3. The van der Waals surface area contributed by atoms with E-state index < -0.39 is 15.9 Å². The number of aryl methyl sites for hydroxylation is 1. The first-order valence-corrected chi connectivity index (χ1v) is 13.2. The Balaban J connectivity index is 1.78. The van der Waals surface area contributed by atoms with Gasteiger partial charge in [-0.3, -0.25) is 14.3 Å². The average molecular weight is 539 g/mol. The third kappa shape index (κ3) is 5.89. The van der Waals surface area contributed by atoms with Crippen LogP contribution in [0.5, 0.6) is 17.4 Å². The molecular formula is C25H26N6O6S. The van der Waals surface area contributed by atoms with E-state index in [2.05, 4.69) is 24.9 Å². The van der Waals surface area contributed by atoms with Crippen LogP contribution >= 0.6 is 0 Å². The maximum Gasteiger partial charge on any atom is 0.303 e.